The number of carbonyl (C=O) groups is 3. The first-order chi connectivity index (χ1) is 16.9. The number of hydrogen-bond acceptors (Lipinski definition) is 6. The molecule has 0 saturated carbocycles. The molecule has 1 heterocycles. The predicted molar refractivity (Wildman–Crippen MR) is 133 cm³/mol. The zero-order valence-electron chi connectivity index (χ0n) is 20.2. The highest BCUT2D eigenvalue weighted by Crippen LogP contribution is 2.12. The minimum absolute atomic E-state index is 0.0380. The number of amides is 1. The monoisotopic (exact) mass is 477 g/mol. The fourth-order valence-electron chi connectivity index (χ4n) is 3.71. The lowest BCUT2D eigenvalue weighted by atomic mass is 10.1. The zero-order chi connectivity index (χ0) is 25.2. The lowest BCUT2D eigenvalue weighted by Crippen LogP contribution is -2.26. The molecule has 8 heteroatoms. The van der Waals surface area contributed by atoms with E-state index in [1.165, 1.54) is 6.92 Å². The van der Waals surface area contributed by atoms with E-state index in [0.29, 0.717) is 36.3 Å². The van der Waals surface area contributed by atoms with Crippen LogP contribution in [0.1, 0.15) is 54.7 Å². The van der Waals surface area contributed by atoms with E-state index < -0.39 is 5.97 Å². The molecule has 1 amide bonds. The normalized spacial score (nSPS) is 10.8. The Bertz CT molecular complexity index is 1250. The van der Waals surface area contributed by atoms with Gasteiger partial charge in [-0.2, -0.15) is 0 Å². The Hall–Kier alpha value is -3.81. The molecular weight excluding hydrogens is 446 g/mol. The quantitative estimate of drug-likeness (QED) is 0.317. The number of ketones is 1. The van der Waals surface area contributed by atoms with Crippen LogP contribution in [-0.2, 0) is 33.7 Å². The summed E-state index contributed by atoms with van der Waals surface area (Å²) in [6, 6.07) is 14.4. The van der Waals surface area contributed by atoms with Gasteiger partial charge in [0.25, 0.3) is 5.56 Å². The first-order valence-corrected chi connectivity index (χ1v) is 11.9. The van der Waals surface area contributed by atoms with Crippen molar-refractivity contribution < 1.29 is 19.1 Å². The van der Waals surface area contributed by atoms with Crippen molar-refractivity contribution in [1.82, 2.24) is 14.9 Å². The summed E-state index contributed by atoms with van der Waals surface area (Å²) < 4.78 is 6.87. The molecule has 0 aliphatic rings. The maximum absolute atomic E-state index is 13.0. The van der Waals surface area contributed by atoms with Crippen molar-refractivity contribution in [2.24, 2.45) is 0 Å². The van der Waals surface area contributed by atoms with Crippen molar-refractivity contribution in [1.29, 1.82) is 0 Å². The van der Waals surface area contributed by atoms with Gasteiger partial charge < -0.3 is 14.6 Å². The molecule has 0 aliphatic carbocycles. The number of para-hydroxylation sites is 2. The van der Waals surface area contributed by atoms with Crippen molar-refractivity contribution in [3.05, 3.63) is 75.7 Å². The molecule has 3 rings (SSSR count). The number of nitrogens with one attached hydrogen (secondary N) is 1. The van der Waals surface area contributed by atoms with E-state index in [2.05, 4.69) is 17.2 Å². The summed E-state index contributed by atoms with van der Waals surface area (Å²) >= 11 is 0. The predicted octanol–water partition coefficient (Wildman–Crippen LogP) is 3.23. The number of rotatable bonds is 12. The zero-order valence-corrected chi connectivity index (χ0v) is 20.2. The van der Waals surface area contributed by atoms with Crippen molar-refractivity contribution in [3.63, 3.8) is 0 Å². The molecule has 1 N–H and O–H groups in total. The van der Waals surface area contributed by atoms with Gasteiger partial charge in [0.2, 0.25) is 5.91 Å². The summed E-state index contributed by atoms with van der Waals surface area (Å²) in [4.78, 5) is 53.0. The molecular formula is C27H31N3O5. The lowest BCUT2D eigenvalue weighted by molar-refractivity contribution is -0.142. The third-order valence-corrected chi connectivity index (χ3v) is 5.65. The number of Topliss-reactive ketones (excluding diaryl/α,β-unsaturated/α-hetero) is 1. The average molecular weight is 478 g/mol. The molecule has 0 atom stereocenters. The Morgan fingerprint density at radius 1 is 1.03 bits per heavy atom. The second kappa shape index (κ2) is 12.6. The van der Waals surface area contributed by atoms with Crippen LogP contribution in [0, 0.1) is 0 Å². The third kappa shape index (κ3) is 7.34. The number of aryl methyl sites for hydroxylation is 2. The number of nitrogens with zero attached hydrogens (tertiary/aromatic N) is 2. The number of carbonyl (C=O) groups excluding carboxylic acids is 3. The van der Waals surface area contributed by atoms with Gasteiger partial charge in [-0.25, -0.2) is 4.98 Å². The van der Waals surface area contributed by atoms with Crippen molar-refractivity contribution in [2.45, 2.75) is 52.5 Å². The topological polar surface area (TPSA) is 107 Å². The molecule has 0 saturated heterocycles. The van der Waals surface area contributed by atoms with Crippen LogP contribution in [-0.4, -0.2) is 40.4 Å². The number of aromatic nitrogens is 2. The number of unbranched alkanes of at least 4 members (excludes halogenated alkanes) is 1. The summed E-state index contributed by atoms with van der Waals surface area (Å²) in [5.41, 5.74) is 3.04. The van der Waals surface area contributed by atoms with Gasteiger partial charge in [0.1, 0.15) is 5.69 Å². The second-order valence-corrected chi connectivity index (χ2v) is 8.37. The standard InChI is InChI=1S/C27H31N3O5/c1-3-4-17-30-24-8-6-5-7-22(24)29-23(27(30)34)13-14-26(33)35-18-25(32)21-11-9-20(10-12-21)15-16-28-19(2)31/h5-12H,3-4,13-18H2,1-2H3,(H,28,31). The minimum atomic E-state index is -0.556. The lowest BCUT2D eigenvalue weighted by Gasteiger charge is -2.12. The van der Waals surface area contributed by atoms with Crippen LogP contribution in [0.5, 0.6) is 0 Å². The van der Waals surface area contributed by atoms with Gasteiger partial charge in [-0.15, -0.1) is 0 Å². The van der Waals surface area contributed by atoms with E-state index in [-0.39, 0.29) is 36.7 Å². The van der Waals surface area contributed by atoms with Gasteiger partial charge in [0.05, 0.1) is 17.5 Å². The van der Waals surface area contributed by atoms with Crippen molar-refractivity contribution >= 4 is 28.7 Å². The van der Waals surface area contributed by atoms with E-state index in [4.69, 9.17) is 4.74 Å². The maximum atomic E-state index is 13.0. The highest BCUT2D eigenvalue weighted by atomic mass is 16.5. The van der Waals surface area contributed by atoms with Crippen molar-refractivity contribution in [2.75, 3.05) is 13.2 Å². The summed E-state index contributed by atoms with van der Waals surface area (Å²) in [6.45, 7) is 4.28. The van der Waals surface area contributed by atoms with Gasteiger partial charge in [-0.05, 0) is 30.5 Å². The average Bonchev–Trinajstić information content (AvgIpc) is 2.85. The molecule has 0 aliphatic heterocycles. The number of ether oxygens (including phenoxy) is 1. The van der Waals surface area contributed by atoms with Crippen LogP contribution < -0.4 is 10.9 Å². The number of esters is 1. The Morgan fingerprint density at radius 2 is 1.77 bits per heavy atom. The van der Waals surface area contributed by atoms with Gasteiger partial charge in [0.15, 0.2) is 12.4 Å². The van der Waals surface area contributed by atoms with E-state index in [9.17, 15) is 19.2 Å². The van der Waals surface area contributed by atoms with Crippen molar-refractivity contribution in [3.8, 4) is 0 Å². The van der Waals surface area contributed by atoms with E-state index >= 15 is 0 Å². The highest BCUT2D eigenvalue weighted by molar-refractivity contribution is 5.98. The molecule has 1 aromatic heterocycles. The minimum Gasteiger partial charge on any atom is -0.457 e. The Balaban J connectivity index is 1.55. The summed E-state index contributed by atoms with van der Waals surface area (Å²) in [5, 5.41) is 2.72. The van der Waals surface area contributed by atoms with Crippen LogP contribution in [0.25, 0.3) is 11.0 Å². The third-order valence-electron chi connectivity index (χ3n) is 5.65. The summed E-state index contributed by atoms with van der Waals surface area (Å²) in [7, 11) is 0. The van der Waals surface area contributed by atoms with Crippen LogP contribution in [0.15, 0.2) is 53.3 Å². The molecule has 0 bridgehead atoms. The Morgan fingerprint density at radius 3 is 2.49 bits per heavy atom. The summed E-state index contributed by atoms with van der Waals surface area (Å²) in [5.74, 6) is -0.950. The van der Waals surface area contributed by atoms with E-state index in [1.807, 2.05) is 36.4 Å². The largest absolute Gasteiger partial charge is 0.457 e. The van der Waals surface area contributed by atoms with Gasteiger partial charge in [-0.1, -0.05) is 49.7 Å². The molecule has 2 aromatic carbocycles. The van der Waals surface area contributed by atoms with Crippen LogP contribution in [0.2, 0.25) is 0 Å². The fraction of sp³-hybridized carbons (Fsp3) is 0.370. The number of benzene rings is 2. The molecule has 3 aromatic rings. The summed E-state index contributed by atoms with van der Waals surface area (Å²) in [6.07, 6.45) is 2.59. The first kappa shape index (κ1) is 25.8. The second-order valence-electron chi connectivity index (χ2n) is 8.37. The van der Waals surface area contributed by atoms with Crippen LogP contribution >= 0.6 is 0 Å². The maximum Gasteiger partial charge on any atom is 0.306 e. The first-order valence-electron chi connectivity index (χ1n) is 11.9. The number of hydrogen-bond donors (Lipinski definition) is 1. The van der Waals surface area contributed by atoms with E-state index in [1.54, 1.807) is 16.7 Å². The molecule has 0 spiro atoms. The SMILES string of the molecule is CCCCn1c(=O)c(CCC(=O)OCC(=O)c2ccc(CCNC(C)=O)cc2)nc2ccccc21. The van der Waals surface area contributed by atoms with Gasteiger partial charge >= 0.3 is 5.97 Å². The Kier molecular flexibility index (Phi) is 9.29. The van der Waals surface area contributed by atoms with Crippen LogP contribution in [0.4, 0.5) is 0 Å². The Labute approximate surface area is 204 Å². The van der Waals surface area contributed by atoms with Crippen LogP contribution in [0.3, 0.4) is 0 Å². The highest BCUT2D eigenvalue weighted by Gasteiger charge is 2.14. The smallest absolute Gasteiger partial charge is 0.306 e. The molecule has 0 unspecified atom stereocenters. The molecule has 35 heavy (non-hydrogen) atoms. The van der Waals surface area contributed by atoms with Gasteiger partial charge in [-0.3, -0.25) is 19.2 Å². The molecule has 8 nitrogen and oxygen atoms in total. The molecule has 0 radical (unpaired) electrons. The molecule has 184 valence electrons. The molecule has 0 fully saturated rings. The van der Waals surface area contributed by atoms with Gasteiger partial charge in [0, 0.05) is 32.0 Å². The fourth-order valence-corrected chi connectivity index (χ4v) is 3.71. The van der Waals surface area contributed by atoms with E-state index in [0.717, 1.165) is 23.9 Å². The number of fused-ring (bicyclic) bond motifs is 1.